The molecule has 2 nitrogen and oxygen atoms in total. The maximum absolute atomic E-state index is 8.75. The third-order valence-corrected chi connectivity index (χ3v) is 2.04. The van der Waals surface area contributed by atoms with E-state index < -0.39 is 0 Å². The number of nitrogens with zero attached hydrogens (tertiary/aromatic N) is 2. The summed E-state index contributed by atoms with van der Waals surface area (Å²) in [4.78, 5) is 4.35. The maximum atomic E-state index is 8.75. The van der Waals surface area contributed by atoms with Crippen LogP contribution in [-0.4, -0.2) is 11.3 Å². The molecule has 0 saturated heterocycles. The summed E-state index contributed by atoms with van der Waals surface area (Å²) in [5, 5.41) is 8.75. The minimum Gasteiger partial charge on any atom is -0.272 e. The summed E-state index contributed by atoms with van der Waals surface area (Å²) in [5.41, 5.74) is 0.648. The van der Waals surface area contributed by atoms with E-state index in [4.69, 9.17) is 5.26 Å². The van der Waals surface area contributed by atoms with Crippen LogP contribution in [0.4, 0.5) is 0 Å². The number of hydrogen-bond donors (Lipinski definition) is 0. The van der Waals surface area contributed by atoms with Crippen molar-refractivity contribution < 1.29 is 0 Å². The summed E-state index contributed by atoms with van der Waals surface area (Å²) in [6.07, 6.45) is 0.975. The highest BCUT2D eigenvalue weighted by Crippen LogP contribution is 2.38. The zero-order valence-corrected chi connectivity index (χ0v) is 7.60. The van der Waals surface area contributed by atoms with Crippen LogP contribution in [0, 0.1) is 16.7 Å². The third-order valence-electron chi connectivity index (χ3n) is 2.04. The average Bonchev–Trinajstić information content (AvgIpc) is 1.99. The molecule has 11 heavy (non-hydrogen) atoms. The van der Waals surface area contributed by atoms with E-state index in [2.05, 4.69) is 38.8 Å². The van der Waals surface area contributed by atoms with Crippen LogP contribution in [0.5, 0.6) is 0 Å². The minimum atomic E-state index is -0.0332. The standard InChI is InChI=1S/C9H14N2/c1-8(2)6-9(3,4)11-7(8)5-10/h6H2,1-4H3. The van der Waals surface area contributed by atoms with E-state index in [1.54, 1.807) is 0 Å². The lowest BCUT2D eigenvalue weighted by atomic mass is 9.81. The maximum Gasteiger partial charge on any atom is 0.118 e. The van der Waals surface area contributed by atoms with Crippen molar-refractivity contribution in [1.29, 1.82) is 5.26 Å². The molecule has 2 heteroatoms. The molecule has 1 rings (SSSR count). The van der Waals surface area contributed by atoms with E-state index in [1.807, 2.05) is 0 Å². The average molecular weight is 150 g/mol. The van der Waals surface area contributed by atoms with Crippen LogP contribution in [-0.2, 0) is 0 Å². The molecule has 0 spiro atoms. The Morgan fingerprint density at radius 1 is 1.36 bits per heavy atom. The predicted molar refractivity (Wildman–Crippen MR) is 45.5 cm³/mol. The number of aliphatic imine (C=N–C) groups is 1. The fraction of sp³-hybridized carbons (Fsp3) is 0.778. The van der Waals surface area contributed by atoms with Gasteiger partial charge < -0.3 is 0 Å². The van der Waals surface area contributed by atoms with Crippen molar-refractivity contribution in [3.05, 3.63) is 0 Å². The molecule has 0 fully saturated rings. The molecule has 0 atom stereocenters. The van der Waals surface area contributed by atoms with Crippen molar-refractivity contribution in [2.45, 2.75) is 39.7 Å². The van der Waals surface area contributed by atoms with Gasteiger partial charge >= 0.3 is 0 Å². The van der Waals surface area contributed by atoms with Gasteiger partial charge in [-0.3, -0.25) is 4.99 Å². The third kappa shape index (κ3) is 1.42. The molecule has 0 aliphatic carbocycles. The zero-order valence-electron chi connectivity index (χ0n) is 7.60. The van der Waals surface area contributed by atoms with Crippen molar-refractivity contribution in [2.24, 2.45) is 10.4 Å². The van der Waals surface area contributed by atoms with Crippen LogP contribution < -0.4 is 0 Å². The van der Waals surface area contributed by atoms with Crippen molar-refractivity contribution in [1.82, 2.24) is 0 Å². The van der Waals surface area contributed by atoms with E-state index in [0.29, 0.717) is 5.71 Å². The van der Waals surface area contributed by atoms with Crippen LogP contribution in [0.1, 0.15) is 34.1 Å². The quantitative estimate of drug-likeness (QED) is 0.521. The Hall–Kier alpha value is -0.840. The van der Waals surface area contributed by atoms with Gasteiger partial charge in [0.2, 0.25) is 0 Å². The summed E-state index contributed by atoms with van der Waals surface area (Å²) in [7, 11) is 0. The normalized spacial score (nSPS) is 25.9. The summed E-state index contributed by atoms with van der Waals surface area (Å²) in [6, 6.07) is 2.16. The summed E-state index contributed by atoms with van der Waals surface area (Å²) in [5.74, 6) is 0. The van der Waals surface area contributed by atoms with Crippen molar-refractivity contribution in [3.63, 3.8) is 0 Å². The van der Waals surface area contributed by atoms with Crippen LogP contribution in [0.15, 0.2) is 4.99 Å². The highest BCUT2D eigenvalue weighted by Gasteiger charge is 2.39. The Bertz CT molecular complexity index is 241. The first kappa shape index (κ1) is 8.26. The lowest BCUT2D eigenvalue weighted by Crippen LogP contribution is -2.21. The molecule has 0 radical (unpaired) electrons. The Morgan fingerprint density at radius 2 is 1.91 bits per heavy atom. The topological polar surface area (TPSA) is 36.1 Å². The van der Waals surface area contributed by atoms with E-state index in [9.17, 15) is 0 Å². The van der Waals surface area contributed by atoms with Crippen LogP contribution in [0.2, 0.25) is 0 Å². The second-order valence-electron chi connectivity index (χ2n) is 4.45. The fourth-order valence-corrected chi connectivity index (χ4v) is 1.84. The van der Waals surface area contributed by atoms with Gasteiger partial charge in [-0.15, -0.1) is 0 Å². The van der Waals surface area contributed by atoms with Gasteiger partial charge in [-0.05, 0) is 20.3 Å². The van der Waals surface area contributed by atoms with Crippen molar-refractivity contribution >= 4 is 5.71 Å². The van der Waals surface area contributed by atoms with Crippen LogP contribution in [0.3, 0.4) is 0 Å². The molecule has 0 amide bonds. The summed E-state index contributed by atoms with van der Waals surface area (Å²) in [6.45, 7) is 8.28. The highest BCUT2D eigenvalue weighted by atomic mass is 14.9. The lowest BCUT2D eigenvalue weighted by molar-refractivity contribution is 0.392. The molecule has 0 N–H and O–H groups in total. The van der Waals surface area contributed by atoms with Gasteiger partial charge in [-0.1, -0.05) is 13.8 Å². The summed E-state index contributed by atoms with van der Waals surface area (Å²) >= 11 is 0. The van der Waals surface area contributed by atoms with Crippen molar-refractivity contribution in [3.8, 4) is 6.07 Å². The van der Waals surface area contributed by atoms with E-state index in [1.165, 1.54) is 0 Å². The van der Waals surface area contributed by atoms with E-state index in [-0.39, 0.29) is 11.0 Å². The SMILES string of the molecule is CC1(C)CC(C)(C)C(C#N)=N1. The Kier molecular flexibility index (Phi) is 1.56. The van der Waals surface area contributed by atoms with Gasteiger partial charge in [-0.2, -0.15) is 5.26 Å². The van der Waals surface area contributed by atoms with Gasteiger partial charge in [-0.25, -0.2) is 0 Å². The number of hydrogen-bond acceptors (Lipinski definition) is 2. The molecule has 0 aromatic heterocycles. The van der Waals surface area contributed by atoms with Gasteiger partial charge in [0.25, 0.3) is 0 Å². The Balaban J connectivity index is 3.01. The molecule has 1 aliphatic heterocycles. The van der Waals surface area contributed by atoms with Crippen molar-refractivity contribution in [2.75, 3.05) is 0 Å². The van der Waals surface area contributed by atoms with Gasteiger partial charge in [0.15, 0.2) is 0 Å². The molecule has 0 saturated carbocycles. The first-order valence-corrected chi connectivity index (χ1v) is 3.88. The first-order chi connectivity index (χ1) is 4.87. The van der Waals surface area contributed by atoms with E-state index >= 15 is 0 Å². The molecular formula is C9H14N2. The zero-order chi connectivity index (χ0) is 8.70. The minimum absolute atomic E-state index is 0.0156. The second-order valence-corrected chi connectivity index (χ2v) is 4.45. The molecule has 0 unspecified atom stereocenters. The Labute approximate surface area is 67.9 Å². The number of nitriles is 1. The first-order valence-electron chi connectivity index (χ1n) is 3.88. The second kappa shape index (κ2) is 2.07. The molecule has 1 aliphatic rings. The molecule has 0 aromatic rings. The monoisotopic (exact) mass is 150 g/mol. The molecule has 0 aromatic carbocycles. The summed E-state index contributed by atoms with van der Waals surface area (Å²) < 4.78 is 0. The fourth-order valence-electron chi connectivity index (χ4n) is 1.84. The predicted octanol–water partition coefficient (Wildman–Crippen LogP) is 2.16. The molecular weight excluding hydrogens is 136 g/mol. The highest BCUT2D eigenvalue weighted by molar-refractivity contribution is 6.04. The van der Waals surface area contributed by atoms with Gasteiger partial charge in [0.05, 0.1) is 5.54 Å². The van der Waals surface area contributed by atoms with Crippen LogP contribution >= 0.6 is 0 Å². The van der Waals surface area contributed by atoms with E-state index in [0.717, 1.165) is 6.42 Å². The largest absolute Gasteiger partial charge is 0.272 e. The number of rotatable bonds is 0. The molecule has 60 valence electrons. The molecule has 0 bridgehead atoms. The smallest absolute Gasteiger partial charge is 0.118 e. The van der Waals surface area contributed by atoms with Crippen LogP contribution in [0.25, 0.3) is 0 Å². The van der Waals surface area contributed by atoms with Gasteiger partial charge in [0.1, 0.15) is 11.8 Å². The molecule has 1 heterocycles. The van der Waals surface area contributed by atoms with Gasteiger partial charge in [0, 0.05) is 5.41 Å². The Morgan fingerprint density at radius 3 is 2.09 bits per heavy atom. The lowest BCUT2D eigenvalue weighted by Gasteiger charge is -2.20.